The molecule has 0 radical (unpaired) electrons. The smallest absolute Gasteiger partial charge is 0.327 e. The van der Waals surface area contributed by atoms with Crippen LogP contribution in [0.4, 0.5) is 13.2 Å². The summed E-state index contributed by atoms with van der Waals surface area (Å²) in [5.74, 6) is 0.420. The standard InChI is InChI=1S/C14H17F3N2O2S/c15-14(16,17)10-2-4-11(5-3-10)22(20,21)19-7-9-1-6-13(18)12(9)8-19/h2-5,9,12-13H,1,6-8,18H2/t9-,12+,13+/m1/s1. The van der Waals surface area contributed by atoms with Crippen LogP contribution in [0.15, 0.2) is 29.2 Å². The molecule has 0 unspecified atom stereocenters. The SMILES string of the molecule is N[C@H]1CC[C@@H]2CN(S(=O)(=O)c3ccc(C(F)(F)F)cc3)C[C@@H]21. The summed E-state index contributed by atoms with van der Waals surface area (Å²) in [6, 6.07) is 3.65. The number of nitrogens with zero attached hydrogens (tertiary/aromatic N) is 1. The Morgan fingerprint density at radius 2 is 1.73 bits per heavy atom. The molecule has 0 spiro atoms. The van der Waals surface area contributed by atoms with E-state index in [9.17, 15) is 21.6 Å². The molecule has 2 N–H and O–H groups in total. The quantitative estimate of drug-likeness (QED) is 0.900. The van der Waals surface area contributed by atoms with Crippen molar-refractivity contribution in [2.75, 3.05) is 13.1 Å². The van der Waals surface area contributed by atoms with E-state index >= 15 is 0 Å². The third-order valence-electron chi connectivity index (χ3n) is 4.70. The van der Waals surface area contributed by atoms with Crippen LogP contribution in [0.2, 0.25) is 0 Å². The topological polar surface area (TPSA) is 63.4 Å². The maximum absolute atomic E-state index is 12.5. The molecule has 2 fully saturated rings. The van der Waals surface area contributed by atoms with Gasteiger partial charge in [0, 0.05) is 19.1 Å². The average Bonchev–Trinajstić information content (AvgIpc) is 3.01. The van der Waals surface area contributed by atoms with E-state index in [0.29, 0.717) is 13.1 Å². The number of nitrogens with two attached hydrogens (primary N) is 1. The van der Waals surface area contributed by atoms with E-state index in [1.807, 2.05) is 0 Å². The van der Waals surface area contributed by atoms with Gasteiger partial charge in [0.1, 0.15) is 0 Å². The summed E-state index contributed by atoms with van der Waals surface area (Å²) in [7, 11) is -3.76. The molecule has 1 aromatic rings. The average molecular weight is 334 g/mol. The molecule has 0 bridgehead atoms. The second kappa shape index (κ2) is 5.21. The monoisotopic (exact) mass is 334 g/mol. The number of halogens is 3. The van der Waals surface area contributed by atoms with Gasteiger partial charge in [-0.25, -0.2) is 8.42 Å². The minimum Gasteiger partial charge on any atom is -0.327 e. The number of benzene rings is 1. The number of rotatable bonds is 2. The number of sulfonamides is 1. The minimum absolute atomic E-state index is 0.0119. The Morgan fingerprint density at radius 3 is 2.27 bits per heavy atom. The molecule has 22 heavy (non-hydrogen) atoms. The first-order valence-electron chi connectivity index (χ1n) is 7.12. The van der Waals surface area contributed by atoms with E-state index in [1.165, 1.54) is 4.31 Å². The molecular formula is C14H17F3N2O2S. The molecule has 1 aromatic carbocycles. The lowest BCUT2D eigenvalue weighted by Gasteiger charge is -2.19. The fraction of sp³-hybridized carbons (Fsp3) is 0.571. The summed E-state index contributed by atoms with van der Waals surface area (Å²) in [5.41, 5.74) is 5.13. The van der Waals surface area contributed by atoms with E-state index in [-0.39, 0.29) is 22.8 Å². The van der Waals surface area contributed by atoms with Gasteiger partial charge in [-0.2, -0.15) is 17.5 Å². The summed E-state index contributed by atoms with van der Waals surface area (Å²) >= 11 is 0. The molecule has 1 aliphatic heterocycles. The Labute approximate surface area is 127 Å². The zero-order valence-electron chi connectivity index (χ0n) is 11.8. The van der Waals surface area contributed by atoms with Crippen LogP contribution in [0.25, 0.3) is 0 Å². The number of hydrogen-bond donors (Lipinski definition) is 1. The molecule has 8 heteroatoms. The highest BCUT2D eigenvalue weighted by molar-refractivity contribution is 7.89. The number of fused-ring (bicyclic) bond motifs is 1. The van der Waals surface area contributed by atoms with Crippen LogP contribution in [-0.4, -0.2) is 31.9 Å². The van der Waals surface area contributed by atoms with Gasteiger partial charge in [-0.3, -0.25) is 0 Å². The summed E-state index contributed by atoms with van der Waals surface area (Å²) < 4.78 is 64.1. The Hall–Kier alpha value is -1.12. The zero-order valence-corrected chi connectivity index (χ0v) is 12.6. The van der Waals surface area contributed by atoms with E-state index in [0.717, 1.165) is 37.1 Å². The van der Waals surface area contributed by atoms with Crippen LogP contribution in [0, 0.1) is 11.8 Å². The van der Waals surface area contributed by atoms with Crippen LogP contribution < -0.4 is 5.73 Å². The van der Waals surface area contributed by atoms with Crippen LogP contribution >= 0.6 is 0 Å². The Morgan fingerprint density at radius 1 is 1.09 bits per heavy atom. The molecule has 1 heterocycles. The number of alkyl halides is 3. The van der Waals surface area contributed by atoms with Gasteiger partial charge in [-0.1, -0.05) is 0 Å². The summed E-state index contributed by atoms with van der Waals surface area (Å²) in [4.78, 5) is -0.103. The highest BCUT2D eigenvalue weighted by Gasteiger charge is 2.45. The van der Waals surface area contributed by atoms with Gasteiger partial charge in [0.2, 0.25) is 10.0 Å². The van der Waals surface area contributed by atoms with Crippen molar-refractivity contribution in [2.45, 2.75) is 30.0 Å². The van der Waals surface area contributed by atoms with E-state index in [2.05, 4.69) is 0 Å². The van der Waals surface area contributed by atoms with E-state index < -0.39 is 21.8 Å². The Kier molecular flexibility index (Phi) is 3.73. The van der Waals surface area contributed by atoms with Crippen molar-refractivity contribution in [1.82, 2.24) is 4.31 Å². The molecule has 1 saturated heterocycles. The Bertz CT molecular complexity index is 658. The molecule has 2 aliphatic rings. The second-order valence-electron chi connectivity index (χ2n) is 6.01. The first-order valence-corrected chi connectivity index (χ1v) is 8.56. The summed E-state index contributed by atoms with van der Waals surface area (Å²) in [6.45, 7) is 0.761. The normalized spacial score (nSPS) is 29.7. The van der Waals surface area contributed by atoms with Crippen molar-refractivity contribution in [3.8, 4) is 0 Å². The largest absolute Gasteiger partial charge is 0.416 e. The van der Waals surface area contributed by atoms with Gasteiger partial charge in [0.05, 0.1) is 10.5 Å². The van der Waals surface area contributed by atoms with Crippen molar-refractivity contribution < 1.29 is 21.6 Å². The van der Waals surface area contributed by atoms with Gasteiger partial charge in [0.15, 0.2) is 0 Å². The highest BCUT2D eigenvalue weighted by atomic mass is 32.2. The van der Waals surface area contributed by atoms with Crippen LogP contribution in [0.1, 0.15) is 18.4 Å². The maximum Gasteiger partial charge on any atom is 0.416 e. The lowest BCUT2D eigenvalue weighted by Crippen LogP contribution is -2.33. The second-order valence-corrected chi connectivity index (χ2v) is 7.95. The molecule has 3 atom stereocenters. The van der Waals surface area contributed by atoms with Gasteiger partial charge in [-0.15, -0.1) is 0 Å². The van der Waals surface area contributed by atoms with Crippen LogP contribution in [0.5, 0.6) is 0 Å². The lowest BCUT2D eigenvalue weighted by molar-refractivity contribution is -0.137. The third kappa shape index (κ3) is 2.63. The molecule has 1 saturated carbocycles. The molecule has 0 amide bonds. The number of hydrogen-bond acceptors (Lipinski definition) is 3. The van der Waals surface area contributed by atoms with Gasteiger partial charge in [-0.05, 0) is 48.9 Å². The fourth-order valence-corrected chi connectivity index (χ4v) is 4.96. The first-order chi connectivity index (χ1) is 10.2. The molecule has 1 aliphatic carbocycles. The van der Waals surface area contributed by atoms with Crippen molar-refractivity contribution in [1.29, 1.82) is 0 Å². The fourth-order valence-electron chi connectivity index (χ4n) is 3.43. The molecule has 3 rings (SSSR count). The lowest BCUT2D eigenvalue weighted by atomic mass is 9.98. The third-order valence-corrected chi connectivity index (χ3v) is 6.54. The van der Waals surface area contributed by atoms with Gasteiger partial charge < -0.3 is 5.73 Å². The zero-order chi connectivity index (χ0) is 16.1. The molecule has 0 aromatic heterocycles. The van der Waals surface area contributed by atoms with Crippen molar-refractivity contribution in [2.24, 2.45) is 17.6 Å². The molecular weight excluding hydrogens is 317 g/mol. The van der Waals surface area contributed by atoms with Crippen molar-refractivity contribution >= 4 is 10.0 Å². The van der Waals surface area contributed by atoms with E-state index in [1.54, 1.807) is 0 Å². The van der Waals surface area contributed by atoms with Crippen molar-refractivity contribution in [3.05, 3.63) is 29.8 Å². The van der Waals surface area contributed by atoms with Gasteiger partial charge in [0.25, 0.3) is 0 Å². The predicted octanol–water partition coefficient (Wildman–Crippen LogP) is 2.06. The van der Waals surface area contributed by atoms with E-state index in [4.69, 9.17) is 5.73 Å². The Balaban J connectivity index is 1.82. The first kappa shape index (κ1) is 15.8. The summed E-state index contributed by atoms with van der Waals surface area (Å²) in [5, 5.41) is 0. The van der Waals surface area contributed by atoms with Gasteiger partial charge >= 0.3 is 6.18 Å². The highest BCUT2D eigenvalue weighted by Crippen LogP contribution is 2.39. The van der Waals surface area contributed by atoms with Crippen LogP contribution in [-0.2, 0) is 16.2 Å². The van der Waals surface area contributed by atoms with Crippen LogP contribution in [0.3, 0.4) is 0 Å². The molecule has 122 valence electrons. The maximum atomic E-state index is 12.5. The predicted molar refractivity (Wildman–Crippen MR) is 74.4 cm³/mol. The molecule has 4 nitrogen and oxygen atoms in total. The summed E-state index contributed by atoms with van der Waals surface area (Å²) in [6.07, 6.45) is -2.66. The van der Waals surface area contributed by atoms with Crippen molar-refractivity contribution in [3.63, 3.8) is 0 Å². The minimum atomic E-state index is -4.47.